The molecule has 0 saturated heterocycles. The van der Waals surface area contributed by atoms with Gasteiger partial charge in [0.25, 0.3) is 0 Å². The molecule has 7 nitrogen and oxygen atoms in total. The normalized spacial score (nSPS) is 24.6. The van der Waals surface area contributed by atoms with Gasteiger partial charge in [-0.1, -0.05) is 39.0 Å². The summed E-state index contributed by atoms with van der Waals surface area (Å²) in [4.78, 5) is 38.1. The Kier molecular flexibility index (Phi) is 10.4. The molecule has 3 atom stereocenters. The standard InChI is InChI=1S/C25H35NO6/c1-17(2)13-22-23(27)15-20(25(29)30-4)16-31-11-5-6-12-32-21-9-7-19(8-10-21)14-18(3)24(28)26-22/h5-10,17-18,20,22H,11-16H2,1-4H3,(H,26,28)/b6-5+/t18-,20-,22-/m0/s1. The minimum Gasteiger partial charge on any atom is -0.490 e. The number of hydrogen-bond acceptors (Lipinski definition) is 6. The molecular formula is C25H35NO6. The van der Waals surface area contributed by atoms with Crippen molar-refractivity contribution in [2.45, 2.75) is 46.1 Å². The smallest absolute Gasteiger partial charge is 0.311 e. The number of Topliss-reactive ketones (excluding diaryl/α,β-unsaturated/α-hetero) is 1. The third-order valence-corrected chi connectivity index (χ3v) is 5.35. The Bertz CT molecular complexity index is 786. The van der Waals surface area contributed by atoms with Gasteiger partial charge in [0, 0.05) is 12.3 Å². The van der Waals surface area contributed by atoms with E-state index in [0.29, 0.717) is 19.4 Å². The van der Waals surface area contributed by atoms with Crippen LogP contribution in [-0.4, -0.2) is 50.6 Å². The van der Waals surface area contributed by atoms with Crippen LogP contribution in [0, 0.1) is 17.8 Å². The van der Waals surface area contributed by atoms with Gasteiger partial charge >= 0.3 is 5.97 Å². The zero-order valence-corrected chi connectivity index (χ0v) is 19.5. The zero-order chi connectivity index (χ0) is 23.5. The summed E-state index contributed by atoms with van der Waals surface area (Å²) in [5.74, 6) is -0.968. The van der Waals surface area contributed by atoms with Crippen molar-refractivity contribution >= 4 is 17.7 Å². The number of fused-ring (bicyclic) bond motifs is 15. The minimum absolute atomic E-state index is 0.0489. The molecule has 2 heterocycles. The molecule has 1 amide bonds. The minimum atomic E-state index is -0.724. The molecule has 0 unspecified atom stereocenters. The third-order valence-electron chi connectivity index (χ3n) is 5.35. The molecule has 2 bridgehead atoms. The van der Waals surface area contributed by atoms with Crippen LogP contribution in [0.15, 0.2) is 36.4 Å². The van der Waals surface area contributed by atoms with E-state index in [-0.39, 0.29) is 43.2 Å². The largest absolute Gasteiger partial charge is 0.490 e. The fourth-order valence-electron chi connectivity index (χ4n) is 3.55. The Balaban J connectivity index is 2.22. The van der Waals surface area contributed by atoms with E-state index >= 15 is 0 Å². The maximum absolute atomic E-state index is 13.1. The molecule has 0 spiro atoms. The molecule has 2 aliphatic heterocycles. The maximum atomic E-state index is 13.1. The summed E-state index contributed by atoms with van der Waals surface area (Å²) >= 11 is 0. The third kappa shape index (κ3) is 8.46. The predicted octanol–water partition coefficient (Wildman–Crippen LogP) is 3.11. The highest BCUT2D eigenvalue weighted by Crippen LogP contribution is 2.18. The molecule has 1 N–H and O–H groups in total. The second-order valence-electron chi connectivity index (χ2n) is 8.65. The average Bonchev–Trinajstić information content (AvgIpc) is 2.76. The molecule has 2 aliphatic rings. The van der Waals surface area contributed by atoms with Crippen molar-refractivity contribution in [3.63, 3.8) is 0 Å². The number of benzene rings is 1. The lowest BCUT2D eigenvalue weighted by Crippen LogP contribution is -2.45. The van der Waals surface area contributed by atoms with Gasteiger partial charge in [0.15, 0.2) is 5.78 Å². The molecule has 7 heteroatoms. The number of ether oxygens (including phenoxy) is 3. The first-order valence-corrected chi connectivity index (χ1v) is 11.2. The molecule has 1 aromatic carbocycles. The van der Waals surface area contributed by atoms with Crippen LogP contribution in [0.4, 0.5) is 0 Å². The maximum Gasteiger partial charge on any atom is 0.311 e. The average molecular weight is 446 g/mol. The molecule has 0 aromatic heterocycles. The van der Waals surface area contributed by atoms with E-state index in [1.807, 2.05) is 57.2 Å². The molecule has 0 aliphatic carbocycles. The van der Waals surface area contributed by atoms with Crippen LogP contribution in [0.1, 0.15) is 39.2 Å². The number of amides is 1. The SMILES string of the molecule is COC(=O)[C@@H]1COC/C=C/COc2ccc(cc2)C[C@H](C)C(=O)N[C@@H](CC(C)C)C(=O)C1. The van der Waals surface area contributed by atoms with Crippen LogP contribution >= 0.6 is 0 Å². The van der Waals surface area contributed by atoms with Gasteiger partial charge in [-0.15, -0.1) is 0 Å². The first-order chi connectivity index (χ1) is 15.3. The van der Waals surface area contributed by atoms with E-state index in [2.05, 4.69) is 5.32 Å². The highest BCUT2D eigenvalue weighted by molar-refractivity contribution is 5.92. The molecule has 0 fully saturated rings. The van der Waals surface area contributed by atoms with Crippen molar-refractivity contribution in [2.24, 2.45) is 17.8 Å². The van der Waals surface area contributed by atoms with Crippen molar-refractivity contribution in [2.75, 3.05) is 26.9 Å². The van der Waals surface area contributed by atoms with E-state index in [1.165, 1.54) is 7.11 Å². The Hall–Kier alpha value is -2.67. The highest BCUT2D eigenvalue weighted by atomic mass is 16.5. The van der Waals surface area contributed by atoms with Crippen LogP contribution in [0.3, 0.4) is 0 Å². The molecule has 176 valence electrons. The van der Waals surface area contributed by atoms with E-state index in [9.17, 15) is 14.4 Å². The second kappa shape index (κ2) is 13.0. The summed E-state index contributed by atoms with van der Waals surface area (Å²) in [6.45, 7) is 6.56. The zero-order valence-electron chi connectivity index (χ0n) is 19.5. The molecule has 32 heavy (non-hydrogen) atoms. The van der Waals surface area contributed by atoms with E-state index in [4.69, 9.17) is 14.2 Å². The summed E-state index contributed by atoms with van der Waals surface area (Å²) in [6.07, 6.45) is 4.65. The van der Waals surface area contributed by atoms with Gasteiger partial charge in [-0.25, -0.2) is 0 Å². The number of hydrogen-bond donors (Lipinski definition) is 1. The van der Waals surface area contributed by atoms with Gasteiger partial charge < -0.3 is 19.5 Å². The van der Waals surface area contributed by atoms with E-state index in [0.717, 1.165) is 11.3 Å². The molecule has 1 aromatic rings. The lowest BCUT2D eigenvalue weighted by molar-refractivity contribution is -0.149. The number of carbonyl (C=O) groups excluding carboxylic acids is 3. The monoisotopic (exact) mass is 445 g/mol. The molecular weight excluding hydrogens is 410 g/mol. The summed E-state index contributed by atoms with van der Waals surface area (Å²) in [5, 5.41) is 2.91. The number of nitrogens with one attached hydrogen (secondary N) is 1. The summed E-state index contributed by atoms with van der Waals surface area (Å²) in [5.41, 5.74) is 1.01. The van der Waals surface area contributed by atoms with Crippen LogP contribution in [0.25, 0.3) is 0 Å². The van der Waals surface area contributed by atoms with Gasteiger partial charge in [-0.05, 0) is 42.5 Å². The summed E-state index contributed by atoms with van der Waals surface area (Å²) in [6, 6.07) is 6.99. The summed E-state index contributed by atoms with van der Waals surface area (Å²) < 4.78 is 16.1. The predicted molar refractivity (Wildman–Crippen MR) is 121 cm³/mol. The van der Waals surface area contributed by atoms with Crippen LogP contribution in [0.2, 0.25) is 0 Å². The summed E-state index contributed by atoms with van der Waals surface area (Å²) in [7, 11) is 1.29. The number of esters is 1. The number of methoxy groups -OCH3 is 1. The Morgan fingerprint density at radius 1 is 1.12 bits per heavy atom. The van der Waals surface area contributed by atoms with Crippen molar-refractivity contribution in [1.82, 2.24) is 5.32 Å². The molecule has 0 radical (unpaired) electrons. The first-order valence-electron chi connectivity index (χ1n) is 11.2. The lowest BCUT2D eigenvalue weighted by Gasteiger charge is -2.23. The molecule has 0 saturated carbocycles. The second-order valence-corrected chi connectivity index (χ2v) is 8.65. The van der Waals surface area contributed by atoms with Gasteiger partial charge in [0.1, 0.15) is 12.4 Å². The van der Waals surface area contributed by atoms with Crippen LogP contribution in [-0.2, 0) is 30.3 Å². The van der Waals surface area contributed by atoms with Crippen molar-refractivity contribution in [1.29, 1.82) is 0 Å². The van der Waals surface area contributed by atoms with Crippen molar-refractivity contribution in [3.8, 4) is 5.75 Å². The fraction of sp³-hybridized carbons (Fsp3) is 0.560. The number of ketones is 1. The van der Waals surface area contributed by atoms with E-state index in [1.54, 1.807) is 0 Å². The topological polar surface area (TPSA) is 90.9 Å². The van der Waals surface area contributed by atoms with Gasteiger partial charge in [0.2, 0.25) is 5.91 Å². The lowest BCUT2D eigenvalue weighted by atomic mass is 9.92. The Morgan fingerprint density at radius 2 is 1.81 bits per heavy atom. The first kappa shape index (κ1) is 25.6. The van der Waals surface area contributed by atoms with Crippen molar-refractivity contribution < 1.29 is 28.6 Å². The number of carbonyl (C=O) groups is 3. The highest BCUT2D eigenvalue weighted by Gasteiger charge is 2.30. The van der Waals surface area contributed by atoms with E-state index < -0.39 is 17.9 Å². The fourth-order valence-corrected chi connectivity index (χ4v) is 3.55. The van der Waals surface area contributed by atoms with Crippen LogP contribution in [0.5, 0.6) is 5.75 Å². The van der Waals surface area contributed by atoms with Crippen molar-refractivity contribution in [3.05, 3.63) is 42.0 Å². The van der Waals surface area contributed by atoms with Crippen LogP contribution < -0.4 is 10.1 Å². The Labute approximate surface area is 190 Å². The quantitative estimate of drug-likeness (QED) is 0.568. The Morgan fingerprint density at radius 3 is 2.47 bits per heavy atom. The van der Waals surface area contributed by atoms with Gasteiger partial charge in [0.05, 0.1) is 32.3 Å². The molecule has 3 rings (SSSR count). The van der Waals surface area contributed by atoms with Gasteiger partial charge in [-0.2, -0.15) is 0 Å². The van der Waals surface area contributed by atoms with Gasteiger partial charge in [-0.3, -0.25) is 14.4 Å². The number of rotatable bonds is 3.